The van der Waals surface area contributed by atoms with Crippen LogP contribution < -0.4 is 0 Å². The van der Waals surface area contributed by atoms with Gasteiger partial charge in [-0.3, -0.25) is 9.88 Å². The highest BCUT2D eigenvalue weighted by molar-refractivity contribution is 7.19. The van der Waals surface area contributed by atoms with E-state index in [1.54, 1.807) is 0 Å². The van der Waals surface area contributed by atoms with E-state index in [0.29, 0.717) is 31.7 Å². The first-order chi connectivity index (χ1) is 12.9. The molecule has 0 aromatic carbocycles. The van der Waals surface area contributed by atoms with Gasteiger partial charge in [0.1, 0.15) is 0 Å². The number of hydrogen-bond acceptors (Lipinski definition) is 5. The summed E-state index contributed by atoms with van der Waals surface area (Å²) in [4.78, 5) is 14.8. The van der Waals surface area contributed by atoms with Crippen molar-refractivity contribution in [3.05, 3.63) is 63.6 Å². The maximum Gasteiger partial charge on any atom is 0.451 e. The van der Waals surface area contributed by atoms with Gasteiger partial charge in [0.2, 0.25) is 5.82 Å². The highest BCUT2D eigenvalue weighted by Gasteiger charge is 2.35. The van der Waals surface area contributed by atoms with Gasteiger partial charge in [-0.1, -0.05) is 17.7 Å². The molecule has 0 aliphatic carbocycles. The van der Waals surface area contributed by atoms with Crippen molar-refractivity contribution in [2.45, 2.75) is 25.7 Å². The third-order valence-corrected chi connectivity index (χ3v) is 5.58. The molecular weight excluding hydrogens is 397 g/mol. The molecule has 27 heavy (non-hydrogen) atoms. The van der Waals surface area contributed by atoms with E-state index >= 15 is 0 Å². The summed E-state index contributed by atoms with van der Waals surface area (Å²) in [6, 6.07) is 7.74. The van der Waals surface area contributed by atoms with Crippen molar-refractivity contribution >= 4 is 22.9 Å². The summed E-state index contributed by atoms with van der Waals surface area (Å²) < 4.78 is 38.9. The first-order valence-corrected chi connectivity index (χ1v) is 9.43. The first kappa shape index (κ1) is 18.3. The fourth-order valence-corrected chi connectivity index (χ4v) is 4.04. The Morgan fingerprint density at radius 2 is 1.96 bits per heavy atom. The number of nitrogens with zero attached hydrogens (tertiary/aromatic N) is 4. The molecule has 1 aliphatic rings. The fourth-order valence-electron chi connectivity index (χ4n) is 3.02. The second kappa shape index (κ2) is 7.18. The van der Waals surface area contributed by atoms with Crippen LogP contribution in [-0.2, 0) is 25.7 Å². The zero-order chi connectivity index (χ0) is 19.0. The molecule has 3 aromatic heterocycles. The van der Waals surface area contributed by atoms with Gasteiger partial charge in [0, 0.05) is 44.0 Å². The predicted octanol–water partition coefficient (Wildman–Crippen LogP) is 4.83. The topological polar surface area (TPSA) is 41.9 Å². The maximum absolute atomic E-state index is 12.7. The van der Waals surface area contributed by atoms with Gasteiger partial charge >= 0.3 is 6.18 Å². The van der Waals surface area contributed by atoms with Gasteiger partial charge in [0.25, 0.3) is 0 Å². The van der Waals surface area contributed by atoms with Gasteiger partial charge in [-0.05, 0) is 23.8 Å². The van der Waals surface area contributed by atoms with E-state index in [-0.39, 0.29) is 0 Å². The highest BCUT2D eigenvalue weighted by atomic mass is 35.5. The van der Waals surface area contributed by atoms with Crippen LogP contribution >= 0.6 is 22.9 Å². The lowest BCUT2D eigenvalue weighted by atomic mass is 10.1. The van der Waals surface area contributed by atoms with Crippen LogP contribution in [0.15, 0.2) is 36.7 Å². The number of fused-ring (bicyclic) bond motifs is 1. The SMILES string of the molecule is FC(F)(F)c1ncc2c(n1)CCN(Cc1ccc(-c3ccc(Cl)s3)nc1)C2. The minimum atomic E-state index is -4.51. The average Bonchev–Trinajstić information content (AvgIpc) is 3.07. The molecule has 0 atom stereocenters. The molecular formula is C18H14ClF3N4S. The van der Waals surface area contributed by atoms with E-state index in [1.807, 2.05) is 30.5 Å². The van der Waals surface area contributed by atoms with Crippen LogP contribution in [0.25, 0.3) is 10.6 Å². The largest absolute Gasteiger partial charge is 0.451 e. The summed E-state index contributed by atoms with van der Waals surface area (Å²) in [5, 5.41) is 0. The van der Waals surface area contributed by atoms with Gasteiger partial charge in [-0.15, -0.1) is 11.3 Å². The molecule has 4 rings (SSSR count). The Hall–Kier alpha value is -2.03. The van der Waals surface area contributed by atoms with E-state index in [4.69, 9.17) is 11.6 Å². The van der Waals surface area contributed by atoms with E-state index < -0.39 is 12.0 Å². The van der Waals surface area contributed by atoms with E-state index in [2.05, 4.69) is 19.9 Å². The van der Waals surface area contributed by atoms with Crippen LogP contribution in [0.2, 0.25) is 4.34 Å². The number of halogens is 4. The summed E-state index contributed by atoms with van der Waals surface area (Å²) >= 11 is 7.43. The number of thiophene rings is 1. The van der Waals surface area contributed by atoms with Gasteiger partial charge in [0.05, 0.1) is 20.6 Å². The third-order valence-electron chi connectivity index (χ3n) is 4.32. The molecule has 0 amide bonds. The normalized spacial score (nSPS) is 15.0. The maximum atomic E-state index is 12.7. The standard InChI is InChI=1S/C18H14ClF3N4S/c19-16-4-3-15(27-16)14-2-1-11(7-23-14)9-26-6-5-13-12(10-26)8-24-17(25-13)18(20,21)22/h1-4,7-8H,5-6,9-10H2. The molecule has 3 aromatic rings. The van der Waals surface area contributed by atoms with Crippen LogP contribution in [0.3, 0.4) is 0 Å². The Balaban J connectivity index is 1.44. The Kier molecular flexibility index (Phi) is 4.88. The Morgan fingerprint density at radius 3 is 2.63 bits per heavy atom. The molecule has 4 nitrogen and oxygen atoms in total. The number of hydrogen-bond donors (Lipinski definition) is 0. The molecule has 0 fully saturated rings. The first-order valence-electron chi connectivity index (χ1n) is 8.23. The fraction of sp³-hybridized carbons (Fsp3) is 0.278. The minimum absolute atomic E-state index is 0.472. The van der Waals surface area contributed by atoms with Crippen LogP contribution in [0.4, 0.5) is 13.2 Å². The number of alkyl halides is 3. The summed E-state index contributed by atoms with van der Waals surface area (Å²) in [6.07, 6.45) is -0.923. The second-order valence-electron chi connectivity index (χ2n) is 6.28. The number of pyridine rings is 1. The molecule has 0 bridgehead atoms. The molecule has 1 aliphatic heterocycles. The zero-order valence-electron chi connectivity index (χ0n) is 14.0. The molecule has 0 unspecified atom stereocenters. The van der Waals surface area contributed by atoms with Gasteiger partial charge in [-0.2, -0.15) is 13.2 Å². The molecule has 0 N–H and O–H groups in total. The van der Waals surface area contributed by atoms with E-state index in [0.717, 1.165) is 26.0 Å². The predicted molar refractivity (Wildman–Crippen MR) is 97.4 cm³/mol. The van der Waals surface area contributed by atoms with Gasteiger partial charge < -0.3 is 0 Å². The van der Waals surface area contributed by atoms with Crippen LogP contribution in [0.5, 0.6) is 0 Å². The lowest BCUT2D eigenvalue weighted by molar-refractivity contribution is -0.145. The molecule has 140 valence electrons. The monoisotopic (exact) mass is 410 g/mol. The quantitative estimate of drug-likeness (QED) is 0.620. The minimum Gasteiger partial charge on any atom is -0.294 e. The van der Waals surface area contributed by atoms with Crippen LogP contribution in [0.1, 0.15) is 22.6 Å². The van der Waals surface area contributed by atoms with Crippen molar-refractivity contribution < 1.29 is 13.2 Å². The molecule has 0 radical (unpaired) electrons. The van der Waals surface area contributed by atoms with Crippen LogP contribution in [0, 0.1) is 0 Å². The third kappa shape index (κ3) is 4.12. The Labute approximate surface area is 162 Å². The summed E-state index contributed by atoms with van der Waals surface area (Å²) in [6.45, 7) is 1.83. The number of aromatic nitrogens is 3. The lowest BCUT2D eigenvalue weighted by Gasteiger charge is -2.28. The Bertz CT molecular complexity index is 956. The summed E-state index contributed by atoms with van der Waals surface area (Å²) in [5.41, 5.74) is 3.13. The molecule has 9 heteroatoms. The second-order valence-corrected chi connectivity index (χ2v) is 7.99. The van der Waals surface area contributed by atoms with Gasteiger partial charge in [-0.25, -0.2) is 9.97 Å². The summed E-state index contributed by atoms with van der Waals surface area (Å²) in [7, 11) is 0. The highest BCUT2D eigenvalue weighted by Crippen LogP contribution is 2.30. The molecule has 0 saturated heterocycles. The average molecular weight is 411 g/mol. The number of rotatable bonds is 3. The van der Waals surface area contributed by atoms with Crippen LogP contribution in [-0.4, -0.2) is 26.4 Å². The van der Waals surface area contributed by atoms with Crippen molar-refractivity contribution in [1.29, 1.82) is 0 Å². The van der Waals surface area contributed by atoms with Crippen molar-refractivity contribution in [1.82, 2.24) is 19.9 Å². The smallest absolute Gasteiger partial charge is 0.294 e. The Morgan fingerprint density at radius 1 is 1.11 bits per heavy atom. The van der Waals surface area contributed by atoms with Crippen molar-refractivity contribution in [3.8, 4) is 10.6 Å². The van der Waals surface area contributed by atoms with Crippen molar-refractivity contribution in [2.24, 2.45) is 0 Å². The zero-order valence-corrected chi connectivity index (χ0v) is 15.6. The van der Waals surface area contributed by atoms with E-state index in [9.17, 15) is 13.2 Å². The van der Waals surface area contributed by atoms with Crippen molar-refractivity contribution in [2.75, 3.05) is 6.54 Å². The molecule has 0 spiro atoms. The van der Waals surface area contributed by atoms with Crippen molar-refractivity contribution in [3.63, 3.8) is 0 Å². The van der Waals surface area contributed by atoms with E-state index in [1.165, 1.54) is 17.5 Å². The molecule has 0 saturated carbocycles. The molecule has 4 heterocycles. The lowest BCUT2D eigenvalue weighted by Crippen LogP contribution is -2.31. The van der Waals surface area contributed by atoms with Gasteiger partial charge in [0.15, 0.2) is 0 Å². The summed E-state index contributed by atoms with van der Waals surface area (Å²) in [5.74, 6) is -1.07.